The summed E-state index contributed by atoms with van der Waals surface area (Å²) in [6.45, 7) is 1.58. The number of benzene rings is 3. The molecular weight excluding hydrogens is 479 g/mol. The number of amides is 1. The number of carbonyl (C=O) groups excluding carboxylic acids is 1. The van der Waals surface area contributed by atoms with E-state index in [0.29, 0.717) is 5.56 Å². The third-order valence-corrected chi connectivity index (χ3v) is 5.91. The molecule has 0 radical (unpaired) electrons. The Balaban J connectivity index is 1.88. The van der Waals surface area contributed by atoms with Gasteiger partial charge in [0.25, 0.3) is 10.0 Å². The summed E-state index contributed by atoms with van der Waals surface area (Å²) >= 11 is 6.19. The molecule has 33 heavy (non-hydrogen) atoms. The maximum absolute atomic E-state index is 13.1. The minimum absolute atomic E-state index is 0.0117. The molecule has 0 saturated carbocycles. The van der Waals surface area contributed by atoms with Crippen LogP contribution >= 0.6 is 11.6 Å². The third kappa shape index (κ3) is 5.70. The molecule has 0 unspecified atom stereocenters. The van der Waals surface area contributed by atoms with Crippen LogP contribution in [0.2, 0.25) is 5.02 Å². The Hall–Kier alpha value is -3.83. The SMILES string of the molecule is Cc1cc(NC(=O)C(=O)O)cc(Cl)c1Oc1ccc(O)c(S(=O)(=O)Nc2ccc(F)cc2)c1. The molecule has 12 heteroatoms. The Kier molecular flexibility index (Phi) is 6.75. The number of hydrogen-bond acceptors (Lipinski definition) is 6. The van der Waals surface area contributed by atoms with Crippen molar-refractivity contribution in [1.82, 2.24) is 0 Å². The molecule has 0 aliphatic heterocycles. The van der Waals surface area contributed by atoms with E-state index in [9.17, 15) is 27.5 Å². The van der Waals surface area contributed by atoms with Gasteiger partial charge in [0.05, 0.1) is 5.02 Å². The van der Waals surface area contributed by atoms with Gasteiger partial charge in [0, 0.05) is 17.4 Å². The lowest BCUT2D eigenvalue weighted by atomic mass is 10.2. The first-order valence-corrected chi connectivity index (χ1v) is 11.0. The van der Waals surface area contributed by atoms with Gasteiger partial charge >= 0.3 is 11.9 Å². The van der Waals surface area contributed by atoms with Gasteiger partial charge < -0.3 is 20.3 Å². The fourth-order valence-electron chi connectivity index (χ4n) is 2.74. The monoisotopic (exact) mass is 494 g/mol. The Morgan fingerprint density at radius 3 is 2.30 bits per heavy atom. The summed E-state index contributed by atoms with van der Waals surface area (Å²) in [5, 5.41) is 20.9. The smallest absolute Gasteiger partial charge is 0.394 e. The second kappa shape index (κ2) is 9.35. The second-order valence-corrected chi connectivity index (χ2v) is 8.77. The van der Waals surface area contributed by atoms with Crippen molar-refractivity contribution in [2.45, 2.75) is 11.8 Å². The maximum atomic E-state index is 13.1. The molecule has 0 aliphatic carbocycles. The van der Waals surface area contributed by atoms with Crippen LogP contribution in [0.25, 0.3) is 0 Å². The van der Waals surface area contributed by atoms with Crippen molar-refractivity contribution in [2.24, 2.45) is 0 Å². The van der Waals surface area contributed by atoms with Gasteiger partial charge in [0.15, 0.2) is 0 Å². The molecule has 0 atom stereocenters. The Labute approximate surface area is 192 Å². The van der Waals surface area contributed by atoms with Crippen LogP contribution in [0, 0.1) is 12.7 Å². The molecule has 1 amide bonds. The lowest BCUT2D eigenvalue weighted by Crippen LogP contribution is -2.21. The number of aromatic hydroxyl groups is 1. The minimum Gasteiger partial charge on any atom is -0.507 e. The highest BCUT2D eigenvalue weighted by atomic mass is 35.5. The summed E-state index contributed by atoms with van der Waals surface area (Å²) < 4.78 is 46.4. The number of carbonyl (C=O) groups is 2. The average Bonchev–Trinajstić information content (AvgIpc) is 2.73. The number of sulfonamides is 1. The Morgan fingerprint density at radius 2 is 1.70 bits per heavy atom. The lowest BCUT2D eigenvalue weighted by Gasteiger charge is -2.15. The molecule has 3 rings (SSSR count). The largest absolute Gasteiger partial charge is 0.507 e. The van der Waals surface area contributed by atoms with Crippen molar-refractivity contribution in [3.63, 3.8) is 0 Å². The highest BCUT2D eigenvalue weighted by Crippen LogP contribution is 2.37. The van der Waals surface area contributed by atoms with E-state index in [1.54, 1.807) is 6.92 Å². The zero-order valence-electron chi connectivity index (χ0n) is 16.8. The molecule has 9 nitrogen and oxygen atoms in total. The van der Waals surface area contributed by atoms with Crippen LogP contribution < -0.4 is 14.8 Å². The molecule has 0 saturated heterocycles. The first kappa shape index (κ1) is 23.8. The molecular formula is C21H16ClFN2O7S. The standard InChI is InChI=1S/C21H16ClFN2O7S/c1-11-8-14(24-20(27)21(28)29)9-16(22)19(11)32-15-6-7-17(26)18(10-15)33(30,31)25-13-4-2-12(23)3-5-13/h2-10,25-26H,1H3,(H,24,27)(H,28,29). The molecule has 0 bridgehead atoms. The summed E-state index contributed by atoms with van der Waals surface area (Å²) in [5.41, 5.74) is 0.611. The molecule has 172 valence electrons. The summed E-state index contributed by atoms with van der Waals surface area (Å²) in [6.07, 6.45) is 0. The molecule has 3 aromatic carbocycles. The van der Waals surface area contributed by atoms with Crippen molar-refractivity contribution in [2.75, 3.05) is 10.0 Å². The van der Waals surface area contributed by atoms with E-state index >= 15 is 0 Å². The molecule has 0 spiro atoms. The normalized spacial score (nSPS) is 11.0. The first-order chi connectivity index (χ1) is 15.5. The van der Waals surface area contributed by atoms with Crippen molar-refractivity contribution in [3.05, 3.63) is 71.0 Å². The predicted molar refractivity (Wildman–Crippen MR) is 118 cm³/mol. The van der Waals surface area contributed by atoms with Gasteiger partial charge in [-0.3, -0.25) is 9.52 Å². The van der Waals surface area contributed by atoms with Gasteiger partial charge in [0.1, 0.15) is 28.0 Å². The summed E-state index contributed by atoms with van der Waals surface area (Å²) in [6, 6.07) is 10.7. The van der Waals surface area contributed by atoms with Crippen molar-refractivity contribution >= 4 is 44.9 Å². The quantitative estimate of drug-likeness (QED) is 0.378. The number of aliphatic carboxylic acids is 1. The molecule has 0 fully saturated rings. The maximum Gasteiger partial charge on any atom is 0.394 e. The summed E-state index contributed by atoms with van der Waals surface area (Å²) in [5.74, 6) is -3.88. The molecule has 4 N–H and O–H groups in total. The number of hydrogen-bond donors (Lipinski definition) is 4. The van der Waals surface area contributed by atoms with Crippen LogP contribution in [0.3, 0.4) is 0 Å². The summed E-state index contributed by atoms with van der Waals surface area (Å²) in [4.78, 5) is 21.5. The van der Waals surface area contributed by atoms with E-state index in [4.69, 9.17) is 21.4 Å². The predicted octanol–water partition coefficient (Wildman–Crippen LogP) is 4.11. The van der Waals surface area contributed by atoms with Crippen LogP contribution in [0.1, 0.15) is 5.56 Å². The number of aryl methyl sites for hydroxylation is 1. The van der Waals surface area contributed by atoms with Crippen molar-refractivity contribution < 1.29 is 37.3 Å². The molecule has 0 aliphatic rings. The van der Waals surface area contributed by atoms with Gasteiger partial charge in [-0.2, -0.15) is 0 Å². The van der Waals surface area contributed by atoms with Crippen LogP contribution in [-0.2, 0) is 19.6 Å². The minimum atomic E-state index is -4.26. The lowest BCUT2D eigenvalue weighted by molar-refractivity contribution is -0.147. The van der Waals surface area contributed by atoms with Crippen LogP contribution in [0.15, 0.2) is 59.5 Å². The summed E-state index contributed by atoms with van der Waals surface area (Å²) in [7, 11) is -4.26. The molecule has 0 heterocycles. The fourth-order valence-corrected chi connectivity index (χ4v) is 4.21. The highest BCUT2D eigenvalue weighted by Gasteiger charge is 2.21. The highest BCUT2D eigenvalue weighted by molar-refractivity contribution is 7.92. The van der Waals surface area contributed by atoms with E-state index in [-0.39, 0.29) is 27.9 Å². The fraction of sp³-hybridized carbons (Fsp3) is 0.0476. The number of anilines is 2. The van der Waals surface area contributed by atoms with E-state index in [0.717, 1.165) is 24.3 Å². The third-order valence-electron chi connectivity index (χ3n) is 4.22. The van der Waals surface area contributed by atoms with Crippen molar-refractivity contribution in [1.29, 1.82) is 0 Å². The first-order valence-electron chi connectivity index (χ1n) is 9.10. The van der Waals surface area contributed by atoms with Crippen LogP contribution in [0.4, 0.5) is 15.8 Å². The van der Waals surface area contributed by atoms with Gasteiger partial charge in [-0.05, 0) is 61.0 Å². The zero-order chi connectivity index (χ0) is 24.3. The number of ether oxygens (including phenoxy) is 1. The van der Waals surface area contributed by atoms with Crippen LogP contribution in [-0.4, -0.2) is 30.5 Å². The van der Waals surface area contributed by atoms with E-state index in [1.165, 1.54) is 30.3 Å². The average molecular weight is 495 g/mol. The molecule has 0 aromatic heterocycles. The Morgan fingerprint density at radius 1 is 1.03 bits per heavy atom. The molecule has 3 aromatic rings. The number of carboxylic acids is 1. The number of phenols is 1. The van der Waals surface area contributed by atoms with Gasteiger partial charge in [-0.25, -0.2) is 17.6 Å². The van der Waals surface area contributed by atoms with Gasteiger partial charge in [-0.15, -0.1) is 0 Å². The van der Waals surface area contributed by atoms with Gasteiger partial charge in [0.2, 0.25) is 0 Å². The number of rotatable bonds is 6. The topological polar surface area (TPSA) is 142 Å². The van der Waals surface area contributed by atoms with E-state index in [2.05, 4.69) is 10.0 Å². The van der Waals surface area contributed by atoms with Gasteiger partial charge in [-0.1, -0.05) is 11.6 Å². The number of carboxylic acid groups (broad SMARTS) is 1. The number of nitrogens with one attached hydrogen (secondary N) is 2. The number of phenolic OH excluding ortho intramolecular Hbond substituents is 1. The van der Waals surface area contributed by atoms with E-state index in [1.807, 2.05) is 0 Å². The van der Waals surface area contributed by atoms with E-state index < -0.39 is 38.4 Å². The zero-order valence-corrected chi connectivity index (χ0v) is 18.4. The Bertz CT molecular complexity index is 1320. The second-order valence-electron chi connectivity index (χ2n) is 6.71. The van der Waals surface area contributed by atoms with Crippen molar-refractivity contribution in [3.8, 4) is 17.2 Å². The van der Waals surface area contributed by atoms with Crippen LogP contribution in [0.5, 0.6) is 17.2 Å². The number of halogens is 2.